The summed E-state index contributed by atoms with van der Waals surface area (Å²) in [5.74, 6) is -7.90. The van der Waals surface area contributed by atoms with E-state index < -0.39 is 54.3 Å². The van der Waals surface area contributed by atoms with Gasteiger partial charge in [0.2, 0.25) is 5.91 Å². The predicted octanol–water partition coefficient (Wildman–Crippen LogP) is -5.85. The summed E-state index contributed by atoms with van der Waals surface area (Å²) in [7, 11) is 0. The fourth-order valence-corrected chi connectivity index (χ4v) is 0.988. The number of carbonyl (C=O) groups is 5. The summed E-state index contributed by atoms with van der Waals surface area (Å²) in [5.41, 5.74) is 6.59. The van der Waals surface area contributed by atoms with Gasteiger partial charge in [-0.05, 0) is 0 Å². The topological polar surface area (TPSA) is 357 Å². The molecule has 0 bridgehead atoms. The lowest BCUT2D eigenvalue weighted by Crippen LogP contribution is -2.54. The van der Waals surface area contributed by atoms with Gasteiger partial charge in [-0.2, -0.15) is 0 Å². The number of primary amides is 1. The van der Waals surface area contributed by atoms with Gasteiger partial charge in [-0.1, -0.05) is 0 Å². The van der Waals surface area contributed by atoms with Crippen LogP contribution in [0.2, 0.25) is 0 Å². The first kappa shape index (κ1) is 33.7. The number of rotatable bonds is 8. The molecule has 0 aromatic carbocycles. The van der Waals surface area contributed by atoms with Crippen LogP contribution in [0.25, 0.3) is 0 Å². The molecule has 15 nitrogen and oxygen atoms in total. The minimum Gasteiger partial charge on any atom is -0.550 e. The number of aliphatic hydroxyl groups is 1. The lowest BCUT2D eigenvalue weighted by Gasteiger charge is -2.29. The van der Waals surface area contributed by atoms with E-state index in [1.807, 2.05) is 0 Å². The van der Waals surface area contributed by atoms with Crippen LogP contribution in [-0.2, 0) is 24.0 Å². The average molecular weight is 375 g/mol. The second kappa shape index (κ2) is 14.7. The van der Waals surface area contributed by atoms with Crippen LogP contribution < -0.4 is 45.2 Å². The molecule has 0 heterocycles. The Morgan fingerprint density at radius 1 is 0.920 bits per heavy atom. The van der Waals surface area contributed by atoms with Crippen LogP contribution in [0.15, 0.2) is 0 Å². The van der Waals surface area contributed by atoms with Gasteiger partial charge < -0.3 is 69.8 Å². The van der Waals surface area contributed by atoms with E-state index in [0.29, 0.717) is 0 Å². The van der Waals surface area contributed by atoms with Gasteiger partial charge in [0, 0.05) is 24.8 Å². The summed E-state index contributed by atoms with van der Waals surface area (Å²) in [6.45, 7) is 0. The molecule has 150 valence electrons. The van der Waals surface area contributed by atoms with Crippen LogP contribution in [-0.4, -0.2) is 51.6 Å². The highest BCUT2D eigenvalue weighted by atomic mass is 16.4. The molecule has 18 N–H and O–H groups in total. The number of amides is 1. The van der Waals surface area contributed by atoms with Crippen molar-refractivity contribution in [2.24, 2.45) is 11.5 Å². The Morgan fingerprint density at radius 2 is 1.24 bits per heavy atom. The van der Waals surface area contributed by atoms with Crippen LogP contribution >= 0.6 is 0 Å². The van der Waals surface area contributed by atoms with E-state index in [2.05, 4.69) is 5.73 Å². The smallest absolute Gasteiger partial charge is 0.321 e. The van der Waals surface area contributed by atoms with Crippen molar-refractivity contribution in [3.63, 3.8) is 0 Å². The fraction of sp³-hybridized carbons (Fsp3) is 0.500. The van der Waals surface area contributed by atoms with Gasteiger partial charge in [-0.25, -0.2) is 0 Å². The van der Waals surface area contributed by atoms with E-state index in [4.69, 9.17) is 15.9 Å². The monoisotopic (exact) mass is 375 g/mol. The molecule has 0 aliphatic rings. The van der Waals surface area contributed by atoms with Gasteiger partial charge in [0.1, 0.15) is 11.6 Å². The lowest BCUT2D eigenvalue weighted by atomic mass is 9.96. The zero-order chi connectivity index (χ0) is 18.1. The van der Waals surface area contributed by atoms with Crippen molar-refractivity contribution in [3.8, 4) is 0 Å². The molecule has 0 radical (unpaired) electrons. The largest absolute Gasteiger partial charge is 0.550 e. The third-order valence-electron chi connectivity index (χ3n) is 1.99. The van der Waals surface area contributed by atoms with Crippen LogP contribution in [0.4, 0.5) is 0 Å². The summed E-state index contributed by atoms with van der Waals surface area (Å²) < 4.78 is 0. The molecule has 0 rings (SSSR count). The molecular formula is C10H25N5O10. The molecule has 0 aliphatic heterocycles. The SMILES string of the molecule is NC(=O)C[C@@H](N)C(=O)O.O=C([O-])CC(O)(CC(=O)[O-])C(=O)[O-].[NH4+].[NH4+].[NH4+]. The standard InChI is InChI=1S/C6H8O7.C4H8N2O3.3H3N/c7-3(8)1-6(13,5(11)12)2-4(9)10;5-2(4(8)9)1-3(6)7;;;/h13H,1-2H2,(H,7,8)(H,9,10)(H,11,12);2H,1,5H2,(H2,6,7)(H,8,9);3*1H3/t;2-;;;/m.1.../s1. The number of hydrogen-bond acceptors (Lipinski definition) is 10. The molecule has 0 saturated carbocycles. The summed E-state index contributed by atoms with van der Waals surface area (Å²) in [6.07, 6.45) is -3.03. The maximum Gasteiger partial charge on any atom is 0.321 e. The summed E-state index contributed by atoms with van der Waals surface area (Å²) >= 11 is 0. The third kappa shape index (κ3) is 17.3. The van der Waals surface area contributed by atoms with Gasteiger partial charge in [0.25, 0.3) is 0 Å². The van der Waals surface area contributed by atoms with E-state index in [-0.39, 0.29) is 24.9 Å². The molecule has 0 fully saturated rings. The van der Waals surface area contributed by atoms with E-state index in [0.717, 1.165) is 0 Å². The molecule has 0 aliphatic carbocycles. The zero-order valence-corrected chi connectivity index (χ0v) is 14.0. The van der Waals surface area contributed by atoms with E-state index in [1.165, 1.54) is 0 Å². The van der Waals surface area contributed by atoms with Gasteiger partial charge in [-0.3, -0.25) is 9.59 Å². The molecule has 0 spiro atoms. The summed E-state index contributed by atoms with van der Waals surface area (Å²) in [6, 6.07) is -1.16. The third-order valence-corrected chi connectivity index (χ3v) is 1.99. The number of quaternary nitrogens is 3. The Morgan fingerprint density at radius 3 is 1.36 bits per heavy atom. The molecule has 0 aromatic rings. The molecule has 0 unspecified atom stereocenters. The van der Waals surface area contributed by atoms with Crippen LogP contribution in [0.3, 0.4) is 0 Å². The van der Waals surface area contributed by atoms with Gasteiger partial charge in [0.05, 0.1) is 12.4 Å². The number of carboxylic acids is 4. The van der Waals surface area contributed by atoms with Crippen LogP contribution in [0, 0.1) is 0 Å². The molecule has 1 atom stereocenters. The van der Waals surface area contributed by atoms with Crippen LogP contribution in [0.5, 0.6) is 0 Å². The Hall–Kier alpha value is -2.85. The van der Waals surface area contributed by atoms with E-state index in [1.54, 1.807) is 0 Å². The van der Waals surface area contributed by atoms with Gasteiger partial charge >= 0.3 is 5.97 Å². The van der Waals surface area contributed by atoms with Gasteiger partial charge in [0.15, 0.2) is 0 Å². The minimum absolute atomic E-state index is 0. The Bertz CT molecular complexity index is 453. The number of aliphatic carboxylic acids is 4. The average Bonchev–Trinajstić information content (AvgIpc) is 2.25. The highest BCUT2D eigenvalue weighted by molar-refractivity contribution is 5.86. The Balaban J connectivity index is -0.0000001000. The van der Waals surface area contributed by atoms with Crippen molar-refractivity contribution in [2.75, 3.05) is 0 Å². The first-order valence-corrected chi connectivity index (χ1v) is 5.42. The second-order valence-corrected chi connectivity index (χ2v) is 4.03. The first-order valence-electron chi connectivity index (χ1n) is 5.42. The Labute approximate surface area is 141 Å². The number of carbonyl (C=O) groups excluding carboxylic acids is 4. The van der Waals surface area contributed by atoms with Gasteiger partial charge in [-0.15, -0.1) is 0 Å². The highest BCUT2D eigenvalue weighted by Gasteiger charge is 2.29. The number of hydrogen-bond donors (Lipinski definition) is 7. The molecule has 1 amide bonds. The quantitative estimate of drug-likeness (QED) is 0.209. The lowest BCUT2D eigenvalue weighted by molar-refractivity contribution is -0.339. The molecular weight excluding hydrogens is 350 g/mol. The fourth-order valence-electron chi connectivity index (χ4n) is 0.988. The number of nitrogens with two attached hydrogens (primary N) is 2. The summed E-state index contributed by atoms with van der Waals surface area (Å²) in [4.78, 5) is 49.9. The first-order chi connectivity index (χ1) is 9.81. The van der Waals surface area contributed by atoms with Crippen molar-refractivity contribution in [1.82, 2.24) is 18.5 Å². The summed E-state index contributed by atoms with van der Waals surface area (Å²) in [5, 5.41) is 47.0. The molecule has 25 heavy (non-hydrogen) atoms. The van der Waals surface area contributed by atoms with Crippen molar-refractivity contribution in [1.29, 1.82) is 0 Å². The van der Waals surface area contributed by atoms with E-state index >= 15 is 0 Å². The normalized spacial score (nSPS) is 10.2. The maximum atomic E-state index is 10.1. The molecule has 0 aromatic heterocycles. The predicted molar refractivity (Wildman–Crippen MR) is 76.6 cm³/mol. The minimum atomic E-state index is -2.97. The zero-order valence-electron chi connectivity index (χ0n) is 14.0. The molecule has 0 saturated heterocycles. The van der Waals surface area contributed by atoms with Crippen molar-refractivity contribution in [2.45, 2.75) is 30.9 Å². The maximum absolute atomic E-state index is 10.1. The number of carboxylic acid groups (broad SMARTS) is 4. The van der Waals surface area contributed by atoms with Crippen molar-refractivity contribution in [3.05, 3.63) is 0 Å². The molecule has 15 heteroatoms. The van der Waals surface area contributed by atoms with Crippen molar-refractivity contribution < 1.29 is 49.5 Å². The Kier molecular flexibility index (Phi) is 19.8. The highest BCUT2D eigenvalue weighted by Crippen LogP contribution is 2.13. The van der Waals surface area contributed by atoms with Crippen LogP contribution in [0.1, 0.15) is 19.3 Å². The van der Waals surface area contributed by atoms with Crippen molar-refractivity contribution >= 4 is 29.8 Å². The van der Waals surface area contributed by atoms with E-state index in [9.17, 15) is 39.3 Å². The second-order valence-electron chi connectivity index (χ2n) is 4.03.